The molecule has 3 heterocycles. The highest BCUT2D eigenvalue weighted by molar-refractivity contribution is 6.04. The topological polar surface area (TPSA) is 126 Å². The Hall–Kier alpha value is -6.49. The maximum Gasteiger partial charge on any atom is 0.204 e. The summed E-state index contributed by atoms with van der Waals surface area (Å²) in [5.74, 6) is 2.54. The van der Waals surface area contributed by atoms with Crippen molar-refractivity contribution >= 4 is 17.7 Å². The van der Waals surface area contributed by atoms with Gasteiger partial charge in [-0.2, -0.15) is 0 Å². The Balaban J connectivity index is 1.16. The van der Waals surface area contributed by atoms with Crippen LogP contribution >= 0.6 is 0 Å². The van der Waals surface area contributed by atoms with Crippen molar-refractivity contribution in [3.63, 3.8) is 0 Å². The molecular weight excluding hydrogens is 791 g/mol. The molecule has 0 saturated carbocycles. The SMILES string of the molecule is CCc1cc(-c2cccc(CCc3c(OCCc4ccccc4)c(OC)c(OCC[C@@H](O)/C=C/c4ccccc4)c4c3OC(c3ccc(O)cc3)CC4=O)c2)c(N2CCNCC2)[nH]1. The van der Waals surface area contributed by atoms with Crippen molar-refractivity contribution in [3.05, 3.63) is 160 Å². The highest BCUT2D eigenvalue weighted by Gasteiger charge is 2.38. The van der Waals surface area contributed by atoms with Crippen LogP contribution in [0.25, 0.3) is 17.2 Å². The number of anilines is 1. The molecule has 2 aliphatic heterocycles. The average molecular weight is 848 g/mol. The Morgan fingerprint density at radius 2 is 1.56 bits per heavy atom. The summed E-state index contributed by atoms with van der Waals surface area (Å²) in [5, 5.41) is 24.5. The summed E-state index contributed by atoms with van der Waals surface area (Å²) < 4.78 is 26.3. The normalized spacial score (nSPS) is 15.5. The van der Waals surface area contributed by atoms with Gasteiger partial charge in [0.1, 0.15) is 29.0 Å². The first-order valence-electron chi connectivity index (χ1n) is 22.1. The number of ether oxygens (including phenoxy) is 4. The van der Waals surface area contributed by atoms with Crippen molar-refractivity contribution in [2.45, 2.75) is 57.7 Å². The number of aliphatic hydroxyl groups excluding tert-OH is 1. The Kier molecular flexibility index (Phi) is 14.1. The fourth-order valence-corrected chi connectivity index (χ4v) is 8.42. The number of aryl methyl sites for hydroxylation is 2. The lowest BCUT2D eigenvalue weighted by Crippen LogP contribution is -2.43. The minimum Gasteiger partial charge on any atom is -0.508 e. The highest BCUT2D eigenvalue weighted by Crippen LogP contribution is 2.53. The minimum atomic E-state index is -0.790. The van der Waals surface area contributed by atoms with Gasteiger partial charge in [-0.05, 0) is 65.3 Å². The molecule has 1 saturated heterocycles. The number of aromatic amines is 1. The molecular formula is C53H57N3O7. The number of rotatable bonds is 18. The first-order valence-corrected chi connectivity index (χ1v) is 22.1. The van der Waals surface area contributed by atoms with E-state index in [-0.39, 0.29) is 36.7 Å². The minimum absolute atomic E-state index is 0.0568. The molecule has 6 aromatic rings. The number of aromatic nitrogens is 1. The maximum atomic E-state index is 14.5. The molecule has 2 aliphatic rings. The zero-order valence-corrected chi connectivity index (χ0v) is 36.1. The molecule has 0 aliphatic carbocycles. The van der Waals surface area contributed by atoms with Gasteiger partial charge >= 0.3 is 0 Å². The molecule has 0 spiro atoms. The summed E-state index contributed by atoms with van der Waals surface area (Å²) in [7, 11) is 1.56. The number of H-pyrrole nitrogens is 1. The highest BCUT2D eigenvalue weighted by atomic mass is 16.5. The number of nitrogens with one attached hydrogen (secondary N) is 2. The van der Waals surface area contributed by atoms with Crippen LogP contribution in [0.5, 0.6) is 28.7 Å². The Bertz CT molecular complexity index is 2480. The largest absolute Gasteiger partial charge is 0.508 e. The van der Waals surface area contributed by atoms with Gasteiger partial charge in [0.25, 0.3) is 0 Å². The number of aliphatic hydroxyl groups is 1. The van der Waals surface area contributed by atoms with Crippen molar-refractivity contribution in [1.29, 1.82) is 0 Å². The molecule has 1 aromatic heterocycles. The van der Waals surface area contributed by atoms with E-state index in [0.717, 1.165) is 66.2 Å². The molecule has 63 heavy (non-hydrogen) atoms. The number of carbonyl (C=O) groups is 1. The molecule has 5 aromatic carbocycles. The lowest BCUT2D eigenvalue weighted by molar-refractivity contribution is 0.0835. The third-order valence-electron chi connectivity index (χ3n) is 11.8. The smallest absolute Gasteiger partial charge is 0.204 e. The van der Waals surface area contributed by atoms with Crippen molar-refractivity contribution in [1.82, 2.24) is 10.3 Å². The zero-order valence-electron chi connectivity index (χ0n) is 36.1. The van der Waals surface area contributed by atoms with E-state index in [1.165, 1.54) is 11.3 Å². The number of fused-ring (bicyclic) bond motifs is 1. The van der Waals surface area contributed by atoms with Crippen LogP contribution in [0.1, 0.15) is 69.7 Å². The van der Waals surface area contributed by atoms with Crippen LogP contribution in [-0.4, -0.2) is 73.6 Å². The van der Waals surface area contributed by atoms with Crippen LogP contribution in [0.15, 0.2) is 121 Å². The van der Waals surface area contributed by atoms with Crippen molar-refractivity contribution in [2.75, 3.05) is 51.4 Å². The Labute approximate surface area is 370 Å². The number of ketones is 1. The summed E-state index contributed by atoms with van der Waals surface area (Å²) in [6.07, 6.45) is 5.19. The average Bonchev–Trinajstić information content (AvgIpc) is 3.77. The number of hydrogen-bond acceptors (Lipinski definition) is 9. The lowest BCUT2D eigenvalue weighted by atomic mass is 9.90. The molecule has 0 radical (unpaired) electrons. The summed E-state index contributed by atoms with van der Waals surface area (Å²) >= 11 is 0. The quantitative estimate of drug-likeness (QED) is 0.0670. The van der Waals surface area contributed by atoms with Crippen molar-refractivity contribution in [2.24, 2.45) is 0 Å². The molecule has 4 N–H and O–H groups in total. The standard InChI is InChI=1S/C53H57N3O7/c1-3-41-34-45(53(55-41)56-29-27-54-28-30-56)40-16-10-15-38(33-40)18-24-44-49-48(46(59)35-47(63-49)39-19-22-42(57)23-20-39)51(62-32-26-43(58)21-17-36-11-6-4-7-12-36)52(60-2)50(44)61-31-25-37-13-8-5-9-14-37/h4-17,19-23,33-34,43,47,54-55,57-58H,3,18,24-32,35H2,1-2H3/b21-17+/t43-,47?/m0/s1. The van der Waals surface area contributed by atoms with Gasteiger partial charge in [0.15, 0.2) is 17.3 Å². The van der Waals surface area contributed by atoms with Crippen molar-refractivity contribution < 1.29 is 34.0 Å². The lowest BCUT2D eigenvalue weighted by Gasteiger charge is -2.31. The third-order valence-corrected chi connectivity index (χ3v) is 11.8. The van der Waals surface area contributed by atoms with E-state index in [2.05, 4.69) is 64.6 Å². The van der Waals surface area contributed by atoms with E-state index in [0.29, 0.717) is 54.2 Å². The number of hydrogen-bond donors (Lipinski definition) is 4. The second-order valence-corrected chi connectivity index (χ2v) is 16.1. The van der Waals surface area contributed by atoms with Gasteiger partial charge in [0.2, 0.25) is 5.75 Å². The second-order valence-electron chi connectivity index (χ2n) is 16.1. The predicted molar refractivity (Wildman–Crippen MR) is 249 cm³/mol. The Morgan fingerprint density at radius 3 is 2.30 bits per heavy atom. The molecule has 2 atom stereocenters. The first kappa shape index (κ1) is 43.2. The molecule has 1 fully saturated rings. The Morgan fingerprint density at radius 1 is 0.825 bits per heavy atom. The van der Waals surface area contributed by atoms with Gasteiger partial charge in [-0.1, -0.05) is 116 Å². The fourth-order valence-electron chi connectivity index (χ4n) is 8.42. The van der Waals surface area contributed by atoms with E-state index >= 15 is 0 Å². The van der Waals surface area contributed by atoms with Gasteiger partial charge in [0, 0.05) is 55.8 Å². The molecule has 326 valence electrons. The number of aromatic hydroxyl groups is 1. The predicted octanol–water partition coefficient (Wildman–Crippen LogP) is 9.32. The third kappa shape index (κ3) is 10.4. The van der Waals surface area contributed by atoms with Gasteiger partial charge in [-0.25, -0.2) is 0 Å². The molecule has 1 unspecified atom stereocenters. The number of nitrogens with zero attached hydrogens (tertiary/aromatic N) is 1. The van der Waals surface area contributed by atoms with Crippen molar-refractivity contribution in [3.8, 4) is 39.9 Å². The first-order chi connectivity index (χ1) is 30.9. The number of Topliss-reactive ketones (excluding diaryl/α,β-unsaturated/α-hetero) is 1. The van der Waals surface area contributed by atoms with E-state index in [1.54, 1.807) is 37.5 Å². The van der Waals surface area contributed by atoms with Crippen LogP contribution in [0.3, 0.4) is 0 Å². The molecule has 10 nitrogen and oxygen atoms in total. The van der Waals surface area contributed by atoms with Gasteiger partial charge in [-0.15, -0.1) is 0 Å². The van der Waals surface area contributed by atoms with E-state index in [4.69, 9.17) is 18.9 Å². The van der Waals surface area contributed by atoms with Crippen LogP contribution in [0.4, 0.5) is 5.82 Å². The van der Waals surface area contributed by atoms with Crippen LogP contribution < -0.4 is 29.2 Å². The molecule has 10 heteroatoms. The number of phenolic OH excluding ortho intramolecular Hbond substituents is 1. The van der Waals surface area contributed by atoms with E-state index < -0.39 is 12.2 Å². The van der Waals surface area contributed by atoms with E-state index in [9.17, 15) is 15.0 Å². The number of piperazine rings is 1. The maximum absolute atomic E-state index is 14.5. The molecule has 0 bridgehead atoms. The molecule has 0 amide bonds. The summed E-state index contributed by atoms with van der Waals surface area (Å²) in [6, 6.07) is 37.7. The van der Waals surface area contributed by atoms with Crippen LogP contribution in [0, 0.1) is 0 Å². The van der Waals surface area contributed by atoms with Crippen LogP contribution in [-0.2, 0) is 25.7 Å². The number of benzene rings is 5. The summed E-state index contributed by atoms with van der Waals surface area (Å²) in [6.45, 7) is 6.37. The fraction of sp³-hybridized carbons (Fsp3) is 0.302. The van der Waals surface area contributed by atoms with Gasteiger partial charge in [0.05, 0.1) is 32.8 Å². The number of carbonyl (C=O) groups excluding carboxylic acids is 1. The summed E-state index contributed by atoms with van der Waals surface area (Å²) in [4.78, 5) is 20.7. The van der Waals surface area contributed by atoms with E-state index in [1.807, 2.05) is 54.6 Å². The van der Waals surface area contributed by atoms with Gasteiger partial charge < -0.3 is 44.4 Å². The second kappa shape index (κ2) is 20.6. The van der Waals surface area contributed by atoms with Crippen LogP contribution in [0.2, 0.25) is 0 Å². The number of phenols is 1. The monoisotopic (exact) mass is 847 g/mol. The molecule has 8 rings (SSSR count). The zero-order chi connectivity index (χ0) is 43.5. The van der Waals surface area contributed by atoms with Gasteiger partial charge in [-0.3, -0.25) is 4.79 Å². The summed E-state index contributed by atoms with van der Waals surface area (Å²) in [5.41, 5.74) is 8.53. The number of methoxy groups -OCH3 is 1.